The second kappa shape index (κ2) is 8.35. The quantitative estimate of drug-likeness (QED) is 0.779. The standard InChI is InChI=1S/C12H22N2.2ClH/c13-12-6-8-14(9-7-12)10-11-4-2-1-3-5-11;;/h1-2,11-12H,3-10,13H2;2*1H. The van der Waals surface area contributed by atoms with Gasteiger partial charge in [-0.15, -0.1) is 24.8 Å². The van der Waals surface area contributed by atoms with E-state index in [-0.39, 0.29) is 24.8 Å². The van der Waals surface area contributed by atoms with Crippen LogP contribution >= 0.6 is 24.8 Å². The molecule has 1 unspecified atom stereocenters. The molecule has 0 aromatic carbocycles. The highest BCUT2D eigenvalue weighted by Crippen LogP contribution is 2.20. The number of piperidine rings is 1. The van der Waals surface area contributed by atoms with E-state index in [0.717, 1.165) is 5.92 Å². The van der Waals surface area contributed by atoms with Crippen LogP contribution in [0.2, 0.25) is 0 Å². The molecule has 2 aliphatic rings. The number of nitrogens with two attached hydrogens (primary N) is 1. The Hall–Kier alpha value is 0.240. The Morgan fingerprint density at radius 3 is 2.31 bits per heavy atom. The SMILES string of the molecule is Cl.Cl.NC1CCN(CC2CC=CCC2)CC1. The van der Waals surface area contributed by atoms with Gasteiger partial charge in [-0.2, -0.15) is 0 Å². The molecule has 1 fully saturated rings. The molecule has 4 heteroatoms. The van der Waals surface area contributed by atoms with E-state index in [4.69, 9.17) is 5.73 Å². The van der Waals surface area contributed by atoms with Crippen molar-refractivity contribution in [2.45, 2.75) is 38.1 Å². The van der Waals surface area contributed by atoms with Gasteiger partial charge < -0.3 is 10.6 Å². The third-order valence-corrected chi connectivity index (χ3v) is 3.53. The molecule has 0 radical (unpaired) electrons. The average Bonchev–Trinajstić information content (AvgIpc) is 2.23. The first-order chi connectivity index (χ1) is 6.84. The summed E-state index contributed by atoms with van der Waals surface area (Å²) in [6.45, 7) is 3.75. The largest absolute Gasteiger partial charge is 0.328 e. The van der Waals surface area contributed by atoms with E-state index < -0.39 is 0 Å². The molecule has 2 nitrogen and oxygen atoms in total. The van der Waals surface area contributed by atoms with Crippen molar-refractivity contribution in [1.29, 1.82) is 0 Å². The fourth-order valence-electron chi connectivity index (χ4n) is 2.52. The maximum atomic E-state index is 5.89. The Morgan fingerprint density at radius 2 is 1.75 bits per heavy atom. The first-order valence-corrected chi connectivity index (χ1v) is 5.97. The Balaban J connectivity index is 0.00000112. The molecule has 0 aromatic rings. The number of hydrogen-bond acceptors (Lipinski definition) is 2. The van der Waals surface area contributed by atoms with Crippen LogP contribution < -0.4 is 5.73 Å². The van der Waals surface area contributed by atoms with E-state index >= 15 is 0 Å². The fourth-order valence-corrected chi connectivity index (χ4v) is 2.52. The first-order valence-electron chi connectivity index (χ1n) is 5.97. The molecule has 2 rings (SSSR count). The van der Waals surface area contributed by atoms with Gasteiger partial charge >= 0.3 is 0 Å². The highest BCUT2D eigenvalue weighted by molar-refractivity contribution is 5.85. The third kappa shape index (κ3) is 5.05. The van der Waals surface area contributed by atoms with Crippen LogP contribution in [0.4, 0.5) is 0 Å². The van der Waals surface area contributed by atoms with Gasteiger partial charge in [0.15, 0.2) is 0 Å². The fraction of sp³-hybridized carbons (Fsp3) is 0.833. The number of nitrogens with zero attached hydrogens (tertiary/aromatic N) is 1. The van der Waals surface area contributed by atoms with Gasteiger partial charge in [0.05, 0.1) is 0 Å². The normalized spacial score (nSPS) is 26.9. The molecule has 1 heterocycles. The van der Waals surface area contributed by atoms with Gasteiger partial charge in [-0.05, 0) is 51.1 Å². The third-order valence-electron chi connectivity index (χ3n) is 3.53. The minimum Gasteiger partial charge on any atom is -0.328 e. The van der Waals surface area contributed by atoms with Gasteiger partial charge in [0.25, 0.3) is 0 Å². The summed E-state index contributed by atoms with van der Waals surface area (Å²) in [5.74, 6) is 0.911. The summed E-state index contributed by atoms with van der Waals surface area (Å²) < 4.78 is 0. The van der Waals surface area contributed by atoms with Crippen LogP contribution in [0.1, 0.15) is 32.1 Å². The van der Waals surface area contributed by atoms with Crippen LogP contribution in [0.25, 0.3) is 0 Å². The van der Waals surface area contributed by atoms with Crippen molar-refractivity contribution in [3.8, 4) is 0 Å². The minimum atomic E-state index is 0. The van der Waals surface area contributed by atoms with Gasteiger partial charge in [-0.1, -0.05) is 12.2 Å². The second-order valence-corrected chi connectivity index (χ2v) is 4.79. The first kappa shape index (κ1) is 16.2. The van der Waals surface area contributed by atoms with Crippen LogP contribution in [-0.2, 0) is 0 Å². The van der Waals surface area contributed by atoms with Crippen LogP contribution in [-0.4, -0.2) is 30.6 Å². The van der Waals surface area contributed by atoms with Crippen molar-refractivity contribution in [1.82, 2.24) is 4.90 Å². The van der Waals surface area contributed by atoms with E-state index in [1.807, 2.05) is 0 Å². The lowest BCUT2D eigenvalue weighted by molar-refractivity contribution is 0.178. The van der Waals surface area contributed by atoms with E-state index in [1.54, 1.807) is 0 Å². The zero-order chi connectivity index (χ0) is 9.80. The Bertz CT molecular complexity index is 201. The number of rotatable bonds is 2. The maximum Gasteiger partial charge on any atom is 0.00631 e. The van der Waals surface area contributed by atoms with Crippen LogP contribution in [0.15, 0.2) is 12.2 Å². The highest BCUT2D eigenvalue weighted by Gasteiger charge is 2.19. The van der Waals surface area contributed by atoms with Crippen molar-refractivity contribution in [2.75, 3.05) is 19.6 Å². The lowest BCUT2D eigenvalue weighted by atomic mass is 9.93. The molecular weight excluding hydrogens is 243 g/mol. The summed E-state index contributed by atoms with van der Waals surface area (Å²) in [6.07, 6.45) is 11.0. The van der Waals surface area contributed by atoms with Crippen molar-refractivity contribution in [2.24, 2.45) is 11.7 Å². The van der Waals surface area contributed by atoms with Crippen molar-refractivity contribution < 1.29 is 0 Å². The molecule has 1 aliphatic carbocycles. The van der Waals surface area contributed by atoms with Gasteiger partial charge in [-0.3, -0.25) is 0 Å². The summed E-state index contributed by atoms with van der Waals surface area (Å²) in [7, 11) is 0. The lowest BCUT2D eigenvalue weighted by Gasteiger charge is -2.33. The predicted molar refractivity (Wildman–Crippen MR) is 74.6 cm³/mol. The molecule has 0 bridgehead atoms. The molecule has 0 saturated carbocycles. The number of halogens is 2. The zero-order valence-corrected chi connectivity index (χ0v) is 11.4. The van der Waals surface area contributed by atoms with Crippen LogP contribution in [0.5, 0.6) is 0 Å². The van der Waals surface area contributed by atoms with E-state index in [0.29, 0.717) is 6.04 Å². The molecule has 0 amide bonds. The zero-order valence-electron chi connectivity index (χ0n) is 9.81. The molecule has 1 aliphatic heterocycles. The molecule has 96 valence electrons. The second-order valence-electron chi connectivity index (χ2n) is 4.79. The highest BCUT2D eigenvalue weighted by atomic mass is 35.5. The van der Waals surface area contributed by atoms with E-state index in [1.165, 1.54) is 51.7 Å². The van der Waals surface area contributed by atoms with E-state index in [2.05, 4.69) is 17.1 Å². The number of allylic oxidation sites excluding steroid dienone is 2. The van der Waals surface area contributed by atoms with Gasteiger partial charge in [0, 0.05) is 12.6 Å². The van der Waals surface area contributed by atoms with Crippen LogP contribution in [0.3, 0.4) is 0 Å². The molecule has 0 spiro atoms. The lowest BCUT2D eigenvalue weighted by Crippen LogP contribution is -2.41. The van der Waals surface area contributed by atoms with Gasteiger partial charge in [0.1, 0.15) is 0 Å². The van der Waals surface area contributed by atoms with Gasteiger partial charge in [-0.25, -0.2) is 0 Å². The Morgan fingerprint density at radius 1 is 1.06 bits per heavy atom. The summed E-state index contributed by atoms with van der Waals surface area (Å²) >= 11 is 0. The summed E-state index contributed by atoms with van der Waals surface area (Å²) in [5, 5.41) is 0. The summed E-state index contributed by atoms with van der Waals surface area (Å²) in [6, 6.07) is 0.470. The molecule has 0 aromatic heterocycles. The van der Waals surface area contributed by atoms with Crippen molar-refractivity contribution >= 4 is 24.8 Å². The Labute approximate surface area is 111 Å². The smallest absolute Gasteiger partial charge is 0.00631 e. The average molecular weight is 267 g/mol. The number of likely N-dealkylation sites (tertiary alicyclic amines) is 1. The maximum absolute atomic E-state index is 5.89. The topological polar surface area (TPSA) is 29.3 Å². The monoisotopic (exact) mass is 266 g/mol. The van der Waals surface area contributed by atoms with E-state index in [9.17, 15) is 0 Å². The number of hydrogen-bond donors (Lipinski definition) is 1. The van der Waals surface area contributed by atoms with Crippen molar-refractivity contribution in [3.05, 3.63) is 12.2 Å². The van der Waals surface area contributed by atoms with Crippen molar-refractivity contribution in [3.63, 3.8) is 0 Å². The van der Waals surface area contributed by atoms with Gasteiger partial charge in [0.2, 0.25) is 0 Å². The van der Waals surface area contributed by atoms with Crippen LogP contribution in [0, 0.1) is 5.92 Å². The molecule has 1 atom stereocenters. The molecule has 1 saturated heterocycles. The molecule has 16 heavy (non-hydrogen) atoms. The molecular formula is C12H24Cl2N2. The predicted octanol–water partition coefficient (Wildman–Crippen LogP) is 2.61. The summed E-state index contributed by atoms with van der Waals surface area (Å²) in [4.78, 5) is 2.60. The minimum absolute atomic E-state index is 0. The summed E-state index contributed by atoms with van der Waals surface area (Å²) in [5.41, 5.74) is 5.89. The molecule has 2 N–H and O–H groups in total. The Kier molecular flexibility index (Phi) is 8.47.